The summed E-state index contributed by atoms with van der Waals surface area (Å²) in [6.07, 6.45) is 7.06. The lowest BCUT2D eigenvalue weighted by molar-refractivity contribution is -0.119. The maximum Gasteiger partial charge on any atom is 0.231 e. The Morgan fingerprint density at radius 2 is 1.82 bits per heavy atom. The maximum absolute atomic E-state index is 13.9. The molecule has 0 aliphatic heterocycles. The summed E-state index contributed by atoms with van der Waals surface area (Å²) in [7, 11) is 1.84. The summed E-state index contributed by atoms with van der Waals surface area (Å²) in [6.45, 7) is 4.32. The molecule has 0 saturated heterocycles. The Morgan fingerprint density at radius 3 is 2.48 bits per heavy atom. The van der Waals surface area contributed by atoms with Crippen molar-refractivity contribution >= 4 is 17.7 Å². The van der Waals surface area contributed by atoms with Gasteiger partial charge in [0.25, 0.3) is 0 Å². The lowest BCUT2D eigenvalue weighted by Gasteiger charge is -2.19. The second-order valence-electron chi connectivity index (χ2n) is 8.07. The molecule has 1 unspecified atom stereocenters. The third-order valence-electron chi connectivity index (χ3n) is 5.38. The van der Waals surface area contributed by atoms with E-state index in [2.05, 4.69) is 53.4 Å². The lowest BCUT2D eigenvalue weighted by Crippen LogP contribution is -2.32. The van der Waals surface area contributed by atoms with Crippen molar-refractivity contribution in [1.82, 2.24) is 24.4 Å². The number of benzene rings is 2. The molecule has 1 amide bonds. The minimum absolute atomic E-state index is 0.164. The molecule has 0 aliphatic rings. The Kier molecular flexibility index (Phi) is 6.93. The number of halogens is 1. The first kappa shape index (κ1) is 22.8. The molecule has 2 aromatic carbocycles. The van der Waals surface area contributed by atoms with Crippen LogP contribution in [0.3, 0.4) is 0 Å². The molecule has 0 aliphatic carbocycles. The van der Waals surface area contributed by atoms with Gasteiger partial charge in [0.1, 0.15) is 17.7 Å². The molecule has 4 rings (SSSR count). The fourth-order valence-electron chi connectivity index (χ4n) is 3.58. The van der Waals surface area contributed by atoms with Crippen molar-refractivity contribution in [3.63, 3.8) is 0 Å². The van der Waals surface area contributed by atoms with Gasteiger partial charge < -0.3 is 9.88 Å². The molecule has 2 heterocycles. The topological polar surface area (TPSA) is 64.7 Å². The van der Waals surface area contributed by atoms with Crippen LogP contribution in [0.15, 0.2) is 78.5 Å². The molecule has 0 radical (unpaired) electrons. The Morgan fingerprint density at radius 1 is 1.06 bits per heavy atom. The van der Waals surface area contributed by atoms with Crippen molar-refractivity contribution in [2.45, 2.75) is 31.0 Å². The molecular formula is C25H26FN5OS. The van der Waals surface area contributed by atoms with Crippen molar-refractivity contribution in [1.29, 1.82) is 0 Å². The van der Waals surface area contributed by atoms with Crippen molar-refractivity contribution in [3.8, 4) is 5.69 Å². The van der Waals surface area contributed by atoms with Gasteiger partial charge in [-0.2, -0.15) is 0 Å². The van der Waals surface area contributed by atoms with E-state index in [9.17, 15) is 9.18 Å². The van der Waals surface area contributed by atoms with Crippen LogP contribution >= 0.6 is 11.8 Å². The molecule has 2 aromatic heterocycles. The van der Waals surface area contributed by atoms with Gasteiger partial charge >= 0.3 is 0 Å². The number of aromatic nitrogens is 4. The molecule has 0 saturated carbocycles. The van der Waals surface area contributed by atoms with Gasteiger partial charge in [-0.3, -0.25) is 9.36 Å². The van der Waals surface area contributed by atoms with Crippen molar-refractivity contribution in [2.24, 2.45) is 7.05 Å². The van der Waals surface area contributed by atoms with Gasteiger partial charge in [-0.05, 0) is 41.3 Å². The van der Waals surface area contributed by atoms with Crippen LogP contribution in [0.5, 0.6) is 0 Å². The molecule has 8 heteroatoms. The molecule has 4 aromatic rings. The number of aryl methyl sites for hydroxylation is 1. The Labute approximate surface area is 196 Å². The zero-order valence-corrected chi connectivity index (χ0v) is 19.6. The van der Waals surface area contributed by atoms with Crippen LogP contribution in [0.4, 0.5) is 4.39 Å². The standard InChI is InChI=1S/C25H26FN5OS/c1-17(2)18-7-9-21(10-8-18)31-14-12-28-25(31)33-16-22(32)29-23(24-27-11-13-30(24)3)19-5-4-6-20(26)15-19/h4-15,17,23H,16H2,1-3H3,(H,29,32). The number of imidazole rings is 2. The fraction of sp³-hybridized carbons (Fsp3) is 0.240. The lowest BCUT2D eigenvalue weighted by atomic mass is 10.0. The quantitative estimate of drug-likeness (QED) is 0.379. The summed E-state index contributed by atoms with van der Waals surface area (Å²) in [5.41, 5.74) is 2.89. The van der Waals surface area contributed by atoms with Gasteiger partial charge in [-0.15, -0.1) is 0 Å². The highest BCUT2D eigenvalue weighted by atomic mass is 32.2. The van der Waals surface area contributed by atoms with E-state index >= 15 is 0 Å². The van der Waals surface area contributed by atoms with Crippen molar-refractivity contribution in [2.75, 3.05) is 5.75 Å². The number of hydrogen-bond donors (Lipinski definition) is 1. The van der Waals surface area contributed by atoms with Crippen LogP contribution in [-0.2, 0) is 11.8 Å². The van der Waals surface area contributed by atoms with Crippen LogP contribution in [0.2, 0.25) is 0 Å². The highest BCUT2D eigenvalue weighted by Gasteiger charge is 2.21. The maximum atomic E-state index is 13.9. The van der Waals surface area contributed by atoms with Crippen molar-refractivity contribution in [3.05, 3.63) is 96.1 Å². The average molecular weight is 464 g/mol. The number of thioether (sulfide) groups is 1. The van der Waals surface area contributed by atoms with Gasteiger partial charge in [-0.25, -0.2) is 14.4 Å². The second kappa shape index (κ2) is 10.0. The predicted molar refractivity (Wildman–Crippen MR) is 128 cm³/mol. The van der Waals surface area contributed by atoms with Crippen LogP contribution in [0.1, 0.15) is 42.8 Å². The van der Waals surface area contributed by atoms with Gasteiger partial charge in [0.2, 0.25) is 5.91 Å². The zero-order chi connectivity index (χ0) is 23.4. The first-order valence-electron chi connectivity index (χ1n) is 10.7. The number of rotatable bonds is 8. The SMILES string of the molecule is CC(C)c1ccc(-n2ccnc2SCC(=O)NC(c2cccc(F)c2)c2nccn2C)cc1. The van der Waals surface area contributed by atoms with Crippen LogP contribution in [-0.4, -0.2) is 30.8 Å². The molecule has 170 valence electrons. The van der Waals surface area contributed by atoms with E-state index in [0.29, 0.717) is 17.3 Å². The van der Waals surface area contributed by atoms with E-state index in [0.717, 1.165) is 10.8 Å². The third kappa shape index (κ3) is 5.34. The zero-order valence-electron chi connectivity index (χ0n) is 18.8. The molecule has 6 nitrogen and oxygen atoms in total. The molecule has 33 heavy (non-hydrogen) atoms. The van der Waals surface area contributed by atoms with E-state index in [4.69, 9.17) is 0 Å². The number of nitrogens with one attached hydrogen (secondary N) is 1. The molecule has 1 N–H and O–H groups in total. The number of nitrogens with zero attached hydrogens (tertiary/aromatic N) is 4. The number of amides is 1. The summed E-state index contributed by atoms with van der Waals surface area (Å²) in [6, 6.07) is 14.0. The summed E-state index contributed by atoms with van der Waals surface area (Å²) in [5.74, 6) is 0.703. The van der Waals surface area contributed by atoms with Crippen LogP contribution < -0.4 is 5.32 Å². The monoisotopic (exact) mass is 463 g/mol. The smallest absolute Gasteiger partial charge is 0.231 e. The second-order valence-corrected chi connectivity index (χ2v) is 9.01. The highest BCUT2D eigenvalue weighted by molar-refractivity contribution is 7.99. The van der Waals surface area contributed by atoms with Gasteiger partial charge in [0, 0.05) is 37.5 Å². The molecule has 0 fully saturated rings. The van der Waals surface area contributed by atoms with Gasteiger partial charge in [0.05, 0.1) is 5.75 Å². The normalized spacial score (nSPS) is 12.2. The van der Waals surface area contributed by atoms with Gasteiger partial charge in [-0.1, -0.05) is 49.9 Å². The van der Waals surface area contributed by atoms with E-state index in [1.165, 1.54) is 29.5 Å². The predicted octanol–water partition coefficient (Wildman–Crippen LogP) is 4.87. The van der Waals surface area contributed by atoms with Crippen molar-refractivity contribution < 1.29 is 9.18 Å². The molecule has 0 bridgehead atoms. The number of carbonyl (C=O) groups is 1. The van der Waals surface area contributed by atoms with Crippen LogP contribution in [0.25, 0.3) is 5.69 Å². The largest absolute Gasteiger partial charge is 0.341 e. The van der Waals surface area contributed by atoms with E-state index in [-0.39, 0.29) is 17.5 Å². The van der Waals surface area contributed by atoms with Crippen LogP contribution in [0, 0.1) is 5.82 Å². The van der Waals surface area contributed by atoms with E-state index in [1.54, 1.807) is 30.7 Å². The van der Waals surface area contributed by atoms with E-state index in [1.807, 2.05) is 22.4 Å². The Hall–Kier alpha value is -3.39. The summed E-state index contributed by atoms with van der Waals surface area (Å²) >= 11 is 1.35. The minimum atomic E-state index is -0.558. The van der Waals surface area contributed by atoms with Gasteiger partial charge in [0.15, 0.2) is 5.16 Å². The molecular weight excluding hydrogens is 437 g/mol. The fourth-order valence-corrected chi connectivity index (χ4v) is 4.37. The Bertz CT molecular complexity index is 1230. The van der Waals surface area contributed by atoms with E-state index < -0.39 is 6.04 Å². The third-order valence-corrected chi connectivity index (χ3v) is 6.35. The highest BCUT2D eigenvalue weighted by Crippen LogP contribution is 2.24. The first-order valence-corrected chi connectivity index (χ1v) is 11.7. The molecule has 0 spiro atoms. The number of carbonyl (C=O) groups excluding carboxylic acids is 1. The Balaban J connectivity index is 1.47. The summed E-state index contributed by atoms with van der Waals surface area (Å²) in [4.78, 5) is 21.7. The average Bonchev–Trinajstić information content (AvgIpc) is 3.45. The first-order chi connectivity index (χ1) is 15.9. The summed E-state index contributed by atoms with van der Waals surface area (Å²) in [5, 5.41) is 3.72. The number of hydrogen-bond acceptors (Lipinski definition) is 4. The summed E-state index contributed by atoms with van der Waals surface area (Å²) < 4.78 is 17.6. The molecule has 1 atom stereocenters. The minimum Gasteiger partial charge on any atom is -0.341 e.